The van der Waals surface area contributed by atoms with Crippen LogP contribution in [0.4, 0.5) is 0 Å². The summed E-state index contributed by atoms with van der Waals surface area (Å²) in [5, 5.41) is 0. The van der Waals surface area contributed by atoms with Gasteiger partial charge in [-0.05, 0) is 18.8 Å². The van der Waals surface area contributed by atoms with E-state index in [1.54, 1.807) is 7.11 Å². The number of rotatable bonds is 9. The summed E-state index contributed by atoms with van der Waals surface area (Å²) in [6.07, 6.45) is 16.3. The van der Waals surface area contributed by atoms with E-state index < -0.39 is 0 Å². The van der Waals surface area contributed by atoms with Gasteiger partial charge >= 0.3 is 0 Å². The van der Waals surface area contributed by atoms with E-state index in [0.29, 0.717) is 5.92 Å². The van der Waals surface area contributed by atoms with Crippen molar-refractivity contribution in [2.24, 2.45) is 11.8 Å². The van der Waals surface area contributed by atoms with Crippen molar-refractivity contribution in [2.75, 3.05) is 13.7 Å². The summed E-state index contributed by atoms with van der Waals surface area (Å²) in [6.45, 7) is 5.45. The average molecular weight is 250 g/mol. The first-order chi connectivity index (χ1) is 8.80. The summed E-state index contributed by atoms with van der Waals surface area (Å²) in [7, 11) is 1.80. The summed E-state index contributed by atoms with van der Waals surface area (Å²) >= 11 is 0. The van der Waals surface area contributed by atoms with Crippen LogP contribution in [0.3, 0.4) is 0 Å². The van der Waals surface area contributed by atoms with E-state index in [1.165, 1.54) is 44.1 Å². The Morgan fingerprint density at radius 1 is 1.28 bits per heavy atom. The van der Waals surface area contributed by atoms with Crippen LogP contribution in [0.2, 0.25) is 0 Å². The van der Waals surface area contributed by atoms with Gasteiger partial charge in [0, 0.05) is 13.0 Å². The van der Waals surface area contributed by atoms with Crippen LogP contribution >= 0.6 is 0 Å². The Labute approximate surface area is 113 Å². The molecule has 0 spiro atoms. The first kappa shape index (κ1) is 15.5. The Bertz CT molecular complexity index is 265. The smallest absolute Gasteiger partial charge is 0.0528 e. The first-order valence-corrected chi connectivity index (χ1v) is 7.66. The topological polar surface area (TPSA) is 9.23 Å². The van der Waals surface area contributed by atoms with E-state index in [0.717, 1.165) is 18.9 Å². The molecule has 104 valence electrons. The Morgan fingerprint density at radius 3 is 2.78 bits per heavy atom. The molecule has 0 radical (unpaired) electrons. The normalized spacial score (nSPS) is 20.8. The minimum atomic E-state index is 0.600. The lowest BCUT2D eigenvalue weighted by atomic mass is 9.86. The molecule has 0 aromatic heterocycles. The van der Waals surface area contributed by atoms with Gasteiger partial charge in [0.25, 0.3) is 0 Å². The molecule has 0 aromatic carbocycles. The molecular formula is C17H30O. The van der Waals surface area contributed by atoms with E-state index in [1.807, 2.05) is 0 Å². The van der Waals surface area contributed by atoms with Crippen LogP contribution in [0, 0.1) is 11.8 Å². The molecule has 0 heterocycles. The van der Waals surface area contributed by atoms with Crippen molar-refractivity contribution in [3.05, 3.63) is 23.8 Å². The van der Waals surface area contributed by atoms with Gasteiger partial charge in [0.1, 0.15) is 0 Å². The van der Waals surface area contributed by atoms with E-state index >= 15 is 0 Å². The van der Waals surface area contributed by atoms with Crippen molar-refractivity contribution in [2.45, 2.75) is 58.8 Å². The highest BCUT2D eigenvalue weighted by atomic mass is 16.5. The molecule has 1 aliphatic carbocycles. The molecule has 2 unspecified atom stereocenters. The predicted molar refractivity (Wildman–Crippen MR) is 79.7 cm³/mol. The third kappa shape index (κ3) is 5.86. The fourth-order valence-electron chi connectivity index (χ4n) is 2.87. The molecule has 0 saturated carbocycles. The van der Waals surface area contributed by atoms with Crippen molar-refractivity contribution in [3.63, 3.8) is 0 Å². The van der Waals surface area contributed by atoms with Crippen LogP contribution in [0.15, 0.2) is 23.8 Å². The van der Waals surface area contributed by atoms with Crippen LogP contribution in [-0.2, 0) is 4.74 Å². The summed E-state index contributed by atoms with van der Waals surface area (Å²) in [4.78, 5) is 0. The molecule has 1 nitrogen and oxygen atoms in total. The molecule has 0 aromatic rings. The van der Waals surface area contributed by atoms with Gasteiger partial charge in [0.2, 0.25) is 0 Å². The zero-order valence-electron chi connectivity index (χ0n) is 12.5. The number of allylic oxidation sites excluding steroid dienone is 3. The quantitative estimate of drug-likeness (QED) is 0.551. The van der Waals surface area contributed by atoms with Gasteiger partial charge in [0.15, 0.2) is 0 Å². The van der Waals surface area contributed by atoms with E-state index in [2.05, 4.69) is 32.1 Å². The lowest BCUT2D eigenvalue weighted by Gasteiger charge is -2.20. The number of methoxy groups -OCH3 is 1. The molecule has 0 N–H and O–H groups in total. The minimum absolute atomic E-state index is 0.600. The molecular weight excluding hydrogens is 220 g/mol. The molecule has 18 heavy (non-hydrogen) atoms. The van der Waals surface area contributed by atoms with E-state index in [-0.39, 0.29) is 0 Å². The lowest BCUT2D eigenvalue weighted by Crippen LogP contribution is -2.09. The molecule has 2 atom stereocenters. The Kier molecular flexibility index (Phi) is 8.08. The van der Waals surface area contributed by atoms with Crippen LogP contribution in [0.25, 0.3) is 0 Å². The van der Waals surface area contributed by atoms with Crippen LogP contribution in [-0.4, -0.2) is 13.7 Å². The highest BCUT2D eigenvalue weighted by Gasteiger charge is 2.13. The third-order valence-electron chi connectivity index (χ3n) is 3.79. The Hall–Kier alpha value is -0.560. The largest absolute Gasteiger partial charge is 0.384 e. The molecule has 0 amide bonds. The van der Waals surface area contributed by atoms with Gasteiger partial charge in [0.05, 0.1) is 6.61 Å². The molecule has 1 rings (SSSR count). The second kappa shape index (κ2) is 9.38. The van der Waals surface area contributed by atoms with Crippen LogP contribution in [0.1, 0.15) is 58.8 Å². The standard InChI is InChI=1S/C17H30O/c1-4-6-9-15(8-5-2)12-16-10-7-11-17(13-16)14-18-3/h7,10,13,15,17H,4-6,8-9,11-12,14H2,1-3H3. The fourth-order valence-corrected chi connectivity index (χ4v) is 2.87. The minimum Gasteiger partial charge on any atom is -0.384 e. The molecule has 1 heteroatoms. The maximum atomic E-state index is 5.27. The molecule has 0 aliphatic heterocycles. The summed E-state index contributed by atoms with van der Waals surface area (Å²) in [5.41, 5.74) is 1.54. The van der Waals surface area contributed by atoms with Crippen LogP contribution < -0.4 is 0 Å². The van der Waals surface area contributed by atoms with Crippen LogP contribution in [0.5, 0.6) is 0 Å². The zero-order chi connectivity index (χ0) is 13.2. The first-order valence-electron chi connectivity index (χ1n) is 7.66. The molecule has 1 aliphatic rings. The summed E-state index contributed by atoms with van der Waals surface area (Å²) in [6, 6.07) is 0. The van der Waals surface area contributed by atoms with E-state index in [9.17, 15) is 0 Å². The van der Waals surface area contributed by atoms with Gasteiger partial charge in [-0.2, -0.15) is 0 Å². The molecule has 0 fully saturated rings. The predicted octanol–water partition coefficient (Wildman–Crippen LogP) is 5.13. The number of hydrogen-bond donors (Lipinski definition) is 0. The highest BCUT2D eigenvalue weighted by Crippen LogP contribution is 2.27. The third-order valence-corrected chi connectivity index (χ3v) is 3.79. The second-order valence-electron chi connectivity index (χ2n) is 5.60. The summed E-state index contributed by atoms with van der Waals surface area (Å²) in [5.74, 6) is 1.48. The van der Waals surface area contributed by atoms with Gasteiger partial charge in [-0.25, -0.2) is 0 Å². The molecule has 0 bridgehead atoms. The maximum Gasteiger partial charge on any atom is 0.0528 e. The summed E-state index contributed by atoms with van der Waals surface area (Å²) < 4.78 is 5.27. The monoisotopic (exact) mass is 250 g/mol. The highest BCUT2D eigenvalue weighted by molar-refractivity contribution is 5.24. The maximum absolute atomic E-state index is 5.27. The van der Waals surface area contributed by atoms with E-state index in [4.69, 9.17) is 4.74 Å². The van der Waals surface area contributed by atoms with Gasteiger partial charge in [-0.3, -0.25) is 0 Å². The van der Waals surface area contributed by atoms with Crippen molar-refractivity contribution in [1.82, 2.24) is 0 Å². The average Bonchev–Trinajstić information content (AvgIpc) is 2.37. The van der Waals surface area contributed by atoms with Gasteiger partial charge < -0.3 is 4.74 Å². The zero-order valence-corrected chi connectivity index (χ0v) is 12.5. The fraction of sp³-hybridized carbons (Fsp3) is 0.765. The van der Waals surface area contributed by atoms with Gasteiger partial charge in [-0.1, -0.05) is 69.8 Å². The SMILES string of the molecule is CCCCC(CCC)CC1=CC(COC)CC=C1. The van der Waals surface area contributed by atoms with Crippen molar-refractivity contribution in [3.8, 4) is 0 Å². The van der Waals surface area contributed by atoms with Crippen molar-refractivity contribution < 1.29 is 4.74 Å². The number of unbranched alkanes of at least 4 members (excludes halogenated alkanes) is 1. The molecule has 0 saturated heterocycles. The second-order valence-corrected chi connectivity index (χ2v) is 5.60. The van der Waals surface area contributed by atoms with Gasteiger partial charge in [-0.15, -0.1) is 0 Å². The lowest BCUT2D eigenvalue weighted by molar-refractivity contribution is 0.170. The Balaban J connectivity index is 2.48. The van der Waals surface area contributed by atoms with Crippen molar-refractivity contribution >= 4 is 0 Å². The number of hydrogen-bond acceptors (Lipinski definition) is 1. The van der Waals surface area contributed by atoms with Crippen molar-refractivity contribution in [1.29, 1.82) is 0 Å². The Morgan fingerprint density at radius 2 is 2.11 bits per heavy atom. The number of ether oxygens (including phenoxy) is 1.